The van der Waals surface area contributed by atoms with Crippen molar-refractivity contribution in [2.75, 3.05) is 7.11 Å². The van der Waals surface area contributed by atoms with Crippen molar-refractivity contribution < 1.29 is 19.1 Å². The molecule has 0 aliphatic rings. The maximum atomic E-state index is 11.9. The quantitative estimate of drug-likeness (QED) is 0.151. The first kappa shape index (κ1) is 30.4. The Kier molecular flexibility index (Phi) is 13.3. The Balaban J connectivity index is 0.000000342. The van der Waals surface area contributed by atoms with Gasteiger partial charge in [-0.15, -0.1) is 24.0 Å². The van der Waals surface area contributed by atoms with Crippen molar-refractivity contribution in [3.63, 3.8) is 0 Å². The predicted molar refractivity (Wildman–Crippen MR) is 154 cm³/mol. The van der Waals surface area contributed by atoms with Crippen LogP contribution in [-0.4, -0.2) is 25.0 Å². The molecule has 5 heteroatoms. The van der Waals surface area contributed by atoms with E-state index >= 15 is 0 Å². The number of hydrogen-bond acceptors (Lipinski definition) is 4. The number of ether oxygens (including phenoxy) is 2. The Labute approximate surface area is 227 Å². The van der Waals surface area contributed by atoms with E-state index in [1.54, 1.807) is 38.3 Å². The molecule has 0 heterocycles. The zero-order valence-corrected chi connectivity index (χ0v) is 23.9. The number of halogens is 1. The first-order chi connectivity index (χ1) is 16.3. The van der Waals surface area contributed by atoms with Crippen LogP contribution in [0.15, 0.2) is 72.8 Å². The van der Waals surface area contributed by atoms with Crippen LogP contribution in [0.4, 0.5) is 0 Å². The molecule has 0 fully saturated rings. The maximum absolute atomic E-state index is 11.9. The van der Waals surface area contributed by atoms with Crippen molar-refractivity contribution in [3.8, 4) is 16.9 Å². The number of rotatable bonds is 8. The summed E-state index contributed by atoms with van der Waals surface area (Å²) in [5.41, 5.74) is 4.90. The summed E-state index contributed by atoms with van der Waals surface area (Å²) in [4.78, 5) is 23.1. The smallest absolute Gasteiger partial charge is 0.338 e. The lowest BCUT2D eigenvalue weighted by Gasteiger charge is -2.21. The summed E-state index contributed by atoms with van der Waals surface area (Å²) in [5, 5.41) is 0. The standard InChI is InChI=1S/C15H22O3.C15H14O.HI/c1-5-12(6-2)11(3)18-15(16)13-7-9-14(17-4)10-8-13;1-11-3-5-14(6-4-11)15-9-7-13(8-10-15)12(2)16;/h7-12H,5-6H2,1-4H3;3-10H,1-2H3;1H. The van der Waals surface area contributed by atoms with Crippen LogP contribution in [0, 0.1) is 12.8 Å². The molecule has 0 saturated carbocycles. The van der Waals surface area contributed by atoms with Gasteiger partial charge in [-0.25, -0.2) is 4.79 Å². The van der Waals surface area contributed by atoms with Crippen molar-refractivity contribution in [3.05, 3.63) is 89.5 Å². The summed E-state index contributed by atoms with van der Waals surface area (Å²) >= 11 is 0. The predicted octanol–water partition coefficient (Wildman–Crippen LogP) is 8.16. The van der Waals surface area contributed by atoms with Gasteiger partial charge in [-0.3, -0.25) is 4.79 Å². The lowest BCUT2D eigenvalue weighted by Crippen LogP contribution is -2.23. The summed E-state index contributed by atoms with van der Waals surface area (Å²) in [5.74, 6) is 0.999. The van der Waals surface area contributed by atoms with Crippen molar-refractivity contribution >= 4 is 35.7 Å². The minimum absolute atomic E-state index is 0. The summed E-state index contributed by atoms with van der Waals surface area (Å²) in [6, 6.07) is 23.1. The van der Waals surface area contributed by atoms with Crippen LogP contribution in [0.1, 0.15) is 66.8 Å². The minimum Gasteiger partial charge on any atom is -0.497 e. The highest BCUT2D eigenvalue weighted by molar-refractivity contribution is 14.0. The molecule has 0 saturated heterocycles. The fraction of sp³-hybridized carbons (Fsp3) is 0.333. The molecule has 3 rings (SSSR count). The number of methoxy groups -OCH3 is 1. The third kappa shape index (κ3) is 9.48. The SMILES string of the molecule is CC(=O)c1ccc(-c2ccc(C)cc2)cc1.CCC(CC)C(C)OC(=O)c1ccc(OC)cc1.I. The van der Waals surface area contributed by atoms with E-state index in [1.165, 1.54) is 11.1 Å². The van der Waals surface area contributed by atoms with Gasteiger partial charge in [0.25, 0.3) is 0 Å². The minimum atomic E-state index is -0.267. The van der Waals surface area contributed by atoms with Gasteiger partial charge in [0.05, 0.1) is 12.7 Å². The lowest BCUT2D eigenvalue weighted by atomic mass is 9.98. The molecule has 3 aromatic carbocycles. The fourth-order valence-corrected chi connectivity index (χ4v) is 3.66. The third-order valence-electron chi connectivity index (χ3n) is 6.01. The highest BCUT2D eigenvalue weighted by Crippen LogP contribution is 2.21. The number of carbonyl (C=O) groups is 2. The van der Waals surface area contributed by atoms with Crippen molar-refractivity contribution in [2.45, 2.75) is 53.6 Å². The molecule has 0 aliphatic carbocycles. The number of carbonyl (C=O) groups excluding carboxylic acids is 2. The Bertz CT molecular complexity index is 1040. The molecule has 35 heavy (non-hydrogen) atoms. The molecule has 0 bridgehead atoms. The molecule has 188 valence electrons. The van der Waals surface area contributed by atoms with Gasteiger partial charge in [0.15, 0.2) is 5.78 Å². The molecule has 0 radical (unpaired) electrons. The molecule has 1 atom stereocenters. The van der Waals surface area contributed by atoms with Gasteiger partial charge >= 0.3 is 5.97 Å². The van der Waals surface area contributed by atoms with E-state index in [-0.39, 0.29) is 41.8 Å². The molecule has 0 aromatic heterocycles. The van der Waals surface area contributed by atoms with E-state index in [0.29, 0.717) is 11.5 Å². The van der Waals surface area contributed by atoms with Crippen LogP contribution in [-0.2, 0) is 4.74 Å². The van der Waals surface area contributed by atoms with Gasteiger partial charge in [-0.2, -0.15) is 0 Å². The van der Waals surface area contributed by atoms with E-state index in [2.05, 4.69) is 45.0 Å². The van der Waals surface area contributed by atoms with Crippen LogP contribution in [0.3, 0.4) is 0 Å². The summed E-state index contributed by atoms with van der Waals surface area (Å²) in [6.07, 6.45) is 2.00. The van der Waals surface area contributed by atoms with E-state index < -0.39 is 0 Å². The zero-order chi connectivity index (χ0) is 25.1. The normalized spacial score (nSPS) is 10.9. The van der Waals surface area contributed by atoms with E-state index in [0.717, 1.165) is 29.7 Å². The molecule has 0 spiro atoms. The lowest BCUT2D eigenvalue weighted by molar-refractivity contribution is 0.0185. The second-order valence-corrected chi connectivity index (χ2v) is 8.42. The number of esters is 1. The summed E-state index contributed by atoms with van der Waals surface area (Å²) in [6.45, 7) is 9.85. The topological polar surface area (TPSA) is 52.6 Å². The van der Waals surface area contributed by atoms with Crippen LogP contribution in [0.2, 0.25) is 0 Å². The number of benzene rings is 3. The summed E-state index contributed by atoms with van der Waals surface area (Å²) in [7, 11) is 1.60. The Hall–Kier alpha value is -2.67. The second-order valence-electron chi connectivity index (χ2n) is 8.42. The van der Waals surface area contributed by atoms with Gasteiger partial charge in [-0.1, -0.05) is 67.9 Å². The molecular formula is C30H37IO4. The van der Waals surface area contributed by atoms with Crippen LogP contribution >= 0.6 is 24.0 Å². The van der Waals surface area contributed by atoms with Gasteiger partial charge < -0.3 is 9.47 Å². The second kappa shape index (κ2) is 15.4. The van der Waals surface area contributed by atoms with Crippen molar-refractivity contribution in [2.24, 2.45) is 5.92 Å². The molecule has 3 aromatic rings. The van der Waals surface area contributed by atoms with Crippen LogP contribution in [0.5, 0.6) is 5.75 Å². The highest BCUT2D eigenvalue weighted by Gasteiger charge is 2.18. The molecule has 0 N–H and O–H groups in total. The first-order valence-corrected chi connectivity index (χ1v) is 11.8. The molecule has 1 unspecified atom stereocenters. The van der Waals surface area contributed by atoms with Crippen LogP contribution < -0.4 is 4.74 Å². The Morgan fingerprint density at radius 3 is 1.66 bits per heavy atom. The van der Waals surface area contributed by atoms with Gasteiger partial charge in [-0.05, 0) is 74.9 Å². The fourth-order valence-electron chi connectivity index (χ4n) is 3.66. The number of Topliss-reactive ketones (excluding diaryl/α,β-unsaturated/α-hetero) is 1. The number of hydrogen-bond donors (Lipinski definition) is 0. The largest absolute Gasteiger partial charge is 0.497 e. The van der Waals surface area contributed by atoms with E-state index in [9.17, 15) is 9.59 Å². The maximum Gasteiger partial charge on any atom is 0.338 e. The zero-order valence-electron chi connectivity index (χ0n) is 21.5. The number of ketones is 1. The average Bonchev–Trinajstić information content (AvgIpc) is 2.85. The Morgan fingerprint density at radius 2 is 1.23 bits per heavy atom. The van der Waals surface area contributed by atoms with E-state index in [1.807, 2.05) is 31.2 Å². The monoisotopic (exact) mass is 588 g/mol. The average molecular weight is 589 g/mol. The van der Waals surface area contributed by atoms with Crippen molar-refractivity contribution in [1.29, 1.82) is 0 Å². The first-order valence-electron chi connectivity index (χ1n) is 11.8. The molecule has 0 aliphatic heterocycles. The van der Waals surface area contributed by atoms with Gasteiger partial charge in [0.1, 0.15) is 11.9 Å². The van der Waals surface area contributed by atoms with Gasteiger partial charge in [0.2, 0.25) is 0 Å². The molecule has 0 amide bonds. The van der Waals surface area contributed by atoms with E-state index in [4.69, 9.17) is 9.47 Å². The number of aryl methyl sites for hydroxylation is 1. The summed E-state index contributed by atoms with van der Waals surface area (Å²) < 4.78 is 10.5. The Morgan fingerprint density at radius 1 is 0.771 bits per heavy atom. The third-order valence-corrected chi connectivity index (χ3v) is 6.01. The molecular weight excluding hydrogens is 551 g/mol. The van der Waals surface area contributed by atoms with Crippen molar-refractivity contribution in [1.82, 2.24) is 0 Å². The highest BCUT2D eigenvalue weighted by atomic mass is 127. The molecule has 4 nitrogen and oxygen atoms in total. The van der Waals surface area contributed by atoms with Crippen LogP contribution in [0.25, 0.3) is 11.1 Å². The van der Waals surface area contributed by atoms with Gasteiger partial charge in [0, 0.05) is 5.56 Å².